The number of alkyl carbamates (subject to hydrolysis) is 1. The summed E-state index contributed by atoms with van der Waals surface area (Å²) in [6.45, 7) is 4.97. The number of hydrogen-bond acceptors (Lipinski definition) is 9. The number of nitrogens with one attached hydrogen (secondary N) is 1. The molecule has 0 aromatic heterocycles. The molecule has 0 radical (unpaired) electrons. The van der Waals surface area contributed by atoms with Gasteiger partial charge in [0.15, 0.2) is 12.6 Å². The molecule has 1 amide bonds. The van der Waals surface area contributed by atoms with Gasteiger partial charge in [0.2, 0.25) is 0 Å². The first-order chi connectivity index (χ1) is 17.7. The second kappa shape index (κ2) is 12.0. The van der Waals surface area contributed by atoms with Crippen molar-refractivity contribution in [3.63, 3.8) is 0 Å². The number of benzene rings is 2. The molecular weight excluding hydrogens is 482 g/mol. The Morgan fingerprint density at radius 2 is 1.70 bits per heavy atom. The van der Waals surface area contributed by atoms with Gasteiger partial charge in [0, 0.05) is 5.56 Å². The molecule has 2 N–H and O–H groups in total. The van der Waals surface area contributed by atoms with Gasteiger partial charge in [0.1, 0.15) is 43.2 Å². The fourth-order valence-electron chi connectivity index (χ4n) is 4.16. The van der Waals surface area contributed by atoms with E-state index in [9.17, 15) is 14.7 Å². The Kier molecular flexibility index (Phi) is 8.78. The lowest BCUT2D eigenvalue weighted by Crippen LogP contribution is -2.67. The van der Waals surface area contributed by atoms with Crippen molar-refractivity contribution >= 4 is 12.1 Å². The highest BCUT2D eigenvalue weighted by atomic mass is 16.7. The Balaban J connectivity index is 1.49. The van der Waals surface area contributed by atoms with Crippen LogP contribution >= 0.6 is 0 Å². The Morgan fingerprint density at radius 1 is 1.03 bits per heavy atom. The van der Waals surface area contributed by atoms with Crippen LogP contribution in [-0.4, -0.2) is 66.6 Å². The second-order valence-electron chi connectivity index (χ2n) is 9.84. The lowest BCUT2D eigenvalue weighted by Gasteiger charge is -2.48. The number of carbonyl (C=O) groups is 2. The minimum absolute atomic E-state index is 0.0340. The smallest absolute Gasteiger partial charge is 0.407 e. The molecule has 2 fully saturated rings. The molecule has 2 aromatic rings. The van der Waals surface area contributed by atoms with Crippen LogP contribution < -0.4 is 5.32 Å². The average molecular weight is 516 g/mol. The van der Waals surface area contributed by atoms with Crippen LogP contribution in [0.3, 0.4) is 0 Å². The van der Waals surface area contributed by atoms with E-state index in [2.05, 4.69) is 5.32 Å². The number of fused-ring (bicyclic) bond motifs is 1. The fourth-order valence-corrected chi connectivity index (χ4v) is 4.16. The van der Waals surface area contributed by atoms with Gasteiger partial charge in [-0.2, -0.15) is 0 Å². The third-order valence-electron chi connectivity index (χ3n) is 5.74. The number of aliphatic hydroxyl groups is 1. The molecule has 0 spiro atoms. The van der Waals surface area contributed by atoms with Crippen LogP contribution in [0.5, 0.6) is 0 Å². The average Bonchev–Trinajstić information content (AvgIpc) is 2.87. The van der Waals surface area contributed by atoms with Gasteiger partial charge in [0.25, 0.3) is 0 Å². The van der Waals surface area contributed by atoms with Gasteiger partial charge in [-0.15, -0.1) is 0 Å². The first kappa shape index (κ1) is 27.0. The molecule has 2 aliphatic rings. The predicted molar refractivity (Wildman–Crippen MR) is 130 cm³/mol. The first-order valence-corrected chi connectivity index (χ1v) is 12.2. The minimum atomic E-state index is -1.46. The zero-order valence-corrected chi connectivity index (χ0v) is 21.1. The number of carbonyl (C=O) groups excluding carboxylic acids is 2. The van der Waals surface area contributed by atoms with Crippen molar-refractivity contribution in [3.8, 4) is 0 Å². The van der Waals surface area contributed by atoms with Crippen LogP contribution in [-0.2, 0) is 39.8 Å². The lowest BCUT2D eigenvalue weighted by molar-refractivity contribution is -0.342. The van der Waals surface area contributed by atoms with Gasteiger partial charge in [-0.3, -0.25) is 0 Å². The lowest BCUT2D eigenvalue weighted by atomic mass is 9.95. The number of aliphatic hydroxyl groups excluding tert-OH is 1. The second-order valence-corrected chi connectivity index (χ2v) is 9.84. The van der Waals surface area contributed by atoms with E-state index in [0.717, 1.165) is 11.1 Å². The van der Waals surface area contributed by atoms with Crippen molar-refractivity contribution in [1.29, 1.82) is 0 Å². The summed E-state index contributed by atoms with van der Waals surface area (Å²) in [4.78, 5) is 25.0. The molecule has 6 atom stereocenters. The van der Waals surface area contributed by atoms with Gasteiger partial charge in [-0.1, -0.05) is 60.7 Å². The zero-order valence-electron chi connectivity index (χ0n) is 21.1. The highest BCUT2D eigenvalue weighted by molar-refractivity contribution is 5.71. The highest BCUT2D eigenvalue weighted by Crippen LogP contribution is 2.35. The molecule has 0 aliphatic carbocycles. The van der Waals surface area contributed by atoms with Crippen LogP contribution in [0.2, 0.25) is 0 Å². The molecule has 0 bridgehead atoms. The van der Waals surface area contributed by atoms with Gasteiger partial charge in [0.05, 0.1) is 6.61 Å². The highest BCUT2D eigenvalue weighted by Gasteiger charge is 2.51. The zero-order chi connectivity index (χ0) is 26.4. The van der Waals surface area contributed by atoms with Crippen LogP contribution in [0.1, 0.15) is 38.2 Å². The maximum Gasteiger partial charge on any atom is 0.407 e. The maximum atomic E-state index is 12.6. The SMILES string of the molecule is CC(C)(C)OC(=O)CO[C@@H]1[C@@H](NC(=O)OCc2ccccc2)[C@@H](O)O[C@@H]2COC(c3ccccc3)O[C@@H]12. The Labute approximate surface area is 215 Å². The van der Waals surface area contributed by atoms with Crippen LogP contribution in [0.25, 0.3) is 0 Å². The van der Waals surface area contributed by atoms with E-state index in [1.165, 1.54) is 0 Å². The van der Waals surface area contributed by atoms with Crippen LogP contribution in [0.4, 0.5) is 4.79 Å². The number of rotatable bonds is 7. The molecule has 0 saturated carbocycles. The summed E-state index contributed by atoms with van der Waals surface area (Å²) < 4.78 is 34.3. The van der Waals surface area contributed by atoms with Gasteiger partial charge in [-0.25, -0.2) is 9.59 Å². The summed E-state index contributed by atoms with van der Waals surface area (Å²) in [5.74, 6) is -0.595. The van der Waals surface area contributed by atoms with Gasteiger partial charge >= 0.3 is 12.1 Å². The summed E-state index contributed by atoms with van der Waals surface area (Å²) in [5, 5.41) is 13.4. The predicted octanol–water partition coefficient (Wildman–Crippen LogP) is 2.84. The monoisotopic (exact) mass is 515 g/mol. The topological polar surface area (TPSA) is 122 Å². The van der Waals surface area contributed by atoms with E-state index < -0.39 is 61.2 Å². The summed E-state index contributed by atoms with van der Waals surface area (Å²) in [6, 6.07) is 17.4. The number of esters is 1. The van der Waals surface area contributed by atoms with E-state index in [0.29, 0.717) is 0 Å². The number of ether oxygens (including phenoxy) is 6. The van der Waals surface area contributed by atoms with E-state index >= 15 is 0 Å². The van der Waals surface area contributed by atoms with Crippen LogP contribution in [0.15, 0.2) is 60.7 Å². The molecular formula is C27H33NO9. The van der Waals surface area contributed by atoms with E-state index in [-0.39, 0.29) is 13.2 Å². The normalized spacial score (nSPS) is 27.6. The molecule has 2 aromatic carbocycles. The third kappa shape index (κ3) is 7.50. The fraction of sp³-hybridized carbons (Fsp3) is 0.481. The number of amides is 1. The van der Waals surface area contributed by atoms with E-state index in [1.54, 1.807) is 20.8 Å². The molecule has 2 heterocycles. The largest absolute Gasteiger partial charge is 0.458 e. The van der Waals surface area contributed by atoms with Crippen molar-refractivity contribution in [2.24, 2.45) is 0 Å². The first-order valence-electron chi connectivity index (χ1n) is 12.2. The summed E-state index contributed by atoms with van der Waals surface area (Å²) in [6.07, 6.45) is -5.41. The summed E-state index contributed by atoms with van der Waals surface area (Å²) in [5.41, 5.74) is 0.879. The molecule has 2 aliphatic heterocycles. The van der Waals surface area contributed by atoms with Crippen molar-refractivity contribution < 1.29 is 43.1 Å². The summed E-state index contributed by atoms with van der Waals surface area (Å²) in [7, 11) is 0. The Hall–Kier alpha value is -3.02. The molecule has 37 heavy (non-hydrogen) atoms. The van der Waals surface area contributed by atoms with Crippen molar-refractivity contribution in [2.75, 3.05) is 13.2 Å². The van der Waals surface area contributed by atoms with E-state index in [4.69, 9.17) is 28.4 Å². The maximum absolute atomic E-state index is 12.6. The van der Waals surface area contributed by atoms with Crippen LogP contribution in [0, 0.1) is 0 Å². The third-order valence-corrected chi connectivity index (χ3v) is 5.74. The van der Waals surface area contributed by atoms with Crippen molar-refractivity contribution in [2.45, 2.75) is 69.9 Å². The molecule has 200 valence electrons. The van der Waals surface area contributed by atoms with Crippen molar-refractivity contribution in [3.05, 3.63) is 71.8 Å². The quantitative estimate of drug-likeness (QED) is 0.536. The molecule has 10 heteroatoms. The van der Waals surface area contributed by atoms with Gasteiger partial charge in [-0.05, 0) is 26.3 Å². The molecule has 1 unspecified atom stereocenters. The molecule has 10 nitrogen and oxygen atoms in total. The van der Waals surface area contributed by atoms with Gasteiger partial charge < -0.3 is 38.8 Å². The molecule has 4 rings (SSSR count). The van der Waals surface area contributed by atoms with E-state index in [1.807, 2.05) is 60.7 Å². The standard InChI is InChI=1S/C27H33NO9/c1-27(2,3)37-20(29)16-32-23-21(28-26(31)34-14-17-10-6-4-7-11-17)24(30)35-19-15-33-25(36-22(19)23)18-12-8-5-9-13-18/h4-13,19,21-25,30H,14-16H2,1-3H3,(H,28,31)/t19-,21-,22-,23-,24+,25?/m1/s1. The molecule has 2 saturated heterocycles. The Bertz CT molecular complexity index is 1030. The number of hydrogen-bond donors (Lipinski definition) is 2. The minimum Gasteiger partial charge on any atom is -0.458 e. The summed E-state index contributed by atoms with van der Waals surface area (Å²) >= 11 is 0. The Morgan fingerprint density at radius 3 is 2.38 bits per heavy atom. The van der Waals surface area contributed by atoms with Crippen molar-refractivity contribution in [1.82, 2.24) is 5.32 Å².